The lowest BCUT2D eigenvalue weighted by Gasteiger charge is -2.23. The Hall–Kier alpha value is -0.900. The molecule has 0 radical (unpaired) electrons. The summed E-state index contributed by atoms with van der Waals surface area (Å²) in [4.78, 5) is 26.0. The van der Waals surface area contributed by atoms with Crippen LogP contribution in [0.25, 0.3) is 0 Å². The standard InChI is InChI=1S/C15H26N2O2/c1-10(2)8-11(3)16-13-9-14(18)17(15(13)19)12-6-4-5-7-12/h10-13,16H,4-9H2,1-3H3. The lowest BCUT2D eigenvalue weighted by molar-refractivity contribution is -0.141. The lowest BCUT2D eigenvalue weighted by Crippen LogP contribution is -2.45. The van der Waals surface area contributed by atoms with Crippen LogP contribution >= 0.6 is 0 Å². The molecular formula is C15H26N2O2. The number of hydrogen-bond acceptors (Lipinski definition) is 3. The molecule has 1 saturated heterocycles. The van der Waals surface area contributed by atoms with Gasteiger partial charge >= 0.3 is 0 Å². The van der Waals surface area contributed by atoms with E-state index >= 15 is 0 Å². The van der Waals surface area contributed by atoms with Crippen LogP contribution in [0.5, 0.6) is 0 Å². The Morgan fingerprint density at radius 1 is 1.21 bits per heavy atom. The zero-order chi connectivity index (χ0) is 14.0. The zero-order valence-electron chi connectivity index (χ0n) is 12.3. The molecule has 2 aliphatic rings. The average Bonchev–Trinajstić information content (AvgIpc) is 2.87. The van der Waals surface area contributed by atoms with Gasteiger partial charge in [0.1, 0.15) is 0 Å². The summed E-state index contributed by atoms with van der Waals surface area (Å²) >= 11 is 0. The van der Waals surface area contributed by atoms with Crippen LogP contribution in [0.15, 0.2) is 0 Å². The predicted octanol–water partition coefficient (Wildman–Crippen LogP) is 2.08. The monoisotopic (exact) mass is 266 g/mol. The van der Waals surface area contributed by atoms with Gasteiger partial charge in [-0.15, -0.1) is 0 Å². The van der Waals surface area contributed by atoms with Crippen LogP contribution in [-0.4, -0.2) is 34.8 Å². The summed E-state index contributed by atoms with van der Waals surface area (Å²) < 4.78 is 0. The van der Waals surface area contributed by atoms with Crippen LogP contribution in [0, 0.1) is 5.92 Å². The van der Waals surface area contributed by atoms with Crippen molar-refractivity contribution >= 4 is 11.8 Å². The molecule has 1 heterocycles. The molecule has 1 aliphatic heterocycles. The molecule has 2 unspecified atom stereocenters. The van der Waals surface area contributed by atoms with E-state index in [0.29, 0.717) is 12.3 Å². The molecule has 2 rings (SSSR count). The highest BCUT2D eigenvalue weighted by molar-refractivity contribution is 6.05. The number of hydrogen-bond donors (Lipinski definition) is 1. The maximum atomic E-state index is 12.4. The summed E-state index contributed by atoms with van der Waals surface area (Å²) in [6.07, 6.45) is 5.64. The Balaban J connectivity index is 1.93. The van der Waals surface area contributed by atoms with Gasteiger partial charge in [-0.2, -0.15) is 0 Å². The number of carbonyl (C=O) groups excluding carboxylic acids is 2. The minimum absolute atomic E-state index is 0.00695. The van der Waals surface area contributed by atoms with Crippen molar-refractivity contribution in [1.82, 2.24) is 10.2 Å². The number of imide groups is 1. The van der Waals surface area contributed by atoms with Crippen LogP contribution in [-0.2, 0) is 9.59 Å². The van der Waals surface area contributed by atoms with Crippen molar-refractivity contribution in [3.05, 3.63) is 0 Å². The van der Waals surface area contributed by atoms with Crippen molar-refractivity contribution < 1.29 is 9.59 Å². The molecular weight excluding hydrogens is 240 g/mol. The summed E-state index contributed by atoms with van der Waals surface area (Å²) in [6, 6.07) is 0.166. The molecule has 0 aromatic carbocycles. The fraction of sp³-hybridized carbons (Fsp3) is 0.867. The van der Waals surface area contributed by atoms with Crippen molar-refractivity contribution in [2.45, 2.75) is 77.4 Å². The van der Waals surface area contributed by atoms with Crippen molar-refractivity contribution in [1.29, 1.82) is 0 Å². The van der Waals surface area contributed by atoms with Gasteiger partial charge in [-0.1, -0.05) is 26.7 Å². The SMILES string of the molecule is CC(C)CC(C)NC1CC(=O)N(C2CCCC2)C1=O. The van der Waals surface area contributed by atoms with Crippen LogP contribution < -0.4 is 5.32 Å². The smallest absolute Gasteiger partial charge is 0.247 e. The van der Waals surface area contributed by atoms with Gasteiger partial charge in [0.25, 0.3) is 0 Å². The van der Waals surface area contributed by atoms with Gasteiger partial charge in [-0.05, 0) is 32.1 Å². The first-order chi connectivity index (χ1) is 8.99. The third-order valence-corrected chi connectivity index (χ3v) is 4.18. The van der Waals surface area contributed by atoms with Gasteiger partial charge in [0.2, 0.25) is 11.8 Å². The fourth-order valence-corrected chi connectivity index (χ4v) is 3.45. The second-order valence-corrected chi connectivity index (χ2v) is 6.49. The minimum atomic E-state index is -0.290. The first-order valence-corrected chi connectivity index (χ1v) is 7.61. The summed E-state index contributed by atoms with van der Waals surface area (Å²) in [5.41, 5.74) is 0. The third kappa shape index (κ3) is 3.35. The Morgan fingerprint density at radius 3 is 2.42 bits per heavy atom. The molecule has 0 aromatic rings. The summed E-state index contributed by atoms with van der Waals surface area (Å²) in [6.45, 7) is 6.44. The van der Waals surface area contributed by atoms with Gasteiger partial charge in [0.05, 0.1) is 12.5 Å². The van der Waals surface area contributed by atoms with E-state index in [1.165, 1.54) is 0 Å². The Kier molecular flexibility index (Phi) is 4.61. The molecule has 108 valence electrons. The van der Waals surface area contributed by atoms with E-state index in [4.69, 9.17) is 0 Å². The largest absolute Gasteiger partial charge is 0.303 e. The predicted molar refractivity (Wildman–Crippen MR) is 74.6 cm³/mol. The average molecular weight is 266 g/mol. The quantitative estimate of drug-likeness (QED) is 0.775. The number of nitrogens with one attached hydrogen (secondary N) is 1. The number of nitrogens with zero attached hydrogens (tertiary/aromatic N) is 1. The van der Waals surface area contributed by atoms with Crippen LogP contribution in [0.4, 0.5) is 0 Å². The number of carbonyl (C=O) groups is 2. The van der Waals surface area contributed by atoms with Crippen molar-refractivity contribution in [2.75, 3.05) is 0 Å². The molecule has 1 saturated carbocycles. The Bertz CT molecular complexity index is 348. The minimum Gasteiger partial charge on any atom is -0.303 e. The first kappa shape index (κ1) is 14.5. The van der Waals surface area contributed by atoms with Gasteiger partial charge in [0.15, 0.2) is 0 Å². The lowest BCUT2D eigenvalue weighted by atomic mass is 10.0. The number of rotatable bonds is 5. The number of amides is 2. The van der Waals surface area contributed by atoms with Gasteiger partial charge in [-0.3, -0.25) is 14.5 Å². The van der Waals surface area contributed by atoms with Gasteiger partial charge in [-0.25, -0.2) is 0 Å². The maximum Gasteiger partial charge on any atom is 0.247 e. The fourth-order valence-electron chi connectivity index (χ4n) is 3.45. The third-order valence-electron chi connectivity index (χ3n) is 4.18. The summed E-state index contributed by atoms with van der Waals surface area (Å²) in [7, 11) is 0. The first-order valence-electron chi connectivity index (χ1n) is 7.61. The van der Waals surface area contributed by atoms with Crippen LogP contribution in [0.1, 0.15) is 59.3 Å². The normalized spacial score (nSPS) is 26.7. The van der Waals surface area contributed by atoms with E-state index in [1.54, 1.807) is 4.90 Å². The molecule has 4 nitrogen and oxygen atoms in total. The maximum absolute atomic E-state index is 12.4. The van der Waals surface area contributed by atoms with Gasteiger partial charge < -0.3 is 5.32 Å². The highest BCUT2D eigenvalue weighted by atomic mass is 16.2. The molecule has 2 fully saturated rings. The van der Waals surface area contributed by atoms with E-state index in [-0.39, 0.29) is 29.9 Å². The van der Waals surface area contributed by atoms with Gasteiger partial charge in [0, 0.05) is 12.1 Å². The highest BCUT2D eigenvalue weighted by Crippen LogP contribution is 2.28. The molecule has 1 aliphatic carbocycles. The Labute approximate surface area is 115 Å². The Morgan fingerprint density at radius 2 is 1.84 bits per heavy atom. The van der Waals surface area contributed by atoms with Crippen molar-refractivity contribution in [3.63, 3.8) is 0 Å². The van der Waals surface area contributed by atoms with E-state index in [9.17, 15) is 9.59 Å². The van der Waals surface area contributed by atoms with E-state index in [2.05, 4.69) is 26.1 Å². The number of likely N-dealkylation sites (tertiary alicyclic amines) is 1. The second kappa shape index (κ2) is 6.04. The molecule has 0 spiro atoms. The van der Waals surface area contributed by atoms with Crippen molar-refractivity contribution in [2.24, 2.45) is 5.92 Å². The van der Waals surface area contributed by atoms with E-state index < -0.39 is 0 Å². The molecule has 0 bridgehead atoms. The molecule has 4 heteroatoms. The van der Waals surface area contributed by atoms with E-state index in [1.807, 2.05) is 0 Å². The molecule has 1 N–H and O–H groups in total. The molecule has 2 amide bonds. The summed E-state index contributed by atoms with van der Waals surface area (Å²) in [5, 5.41) is 3.33. The van der Waals surface area contributed by atoms with Crippen LogP contribution in [0.3, 0.4) is 0 Å². The van der Waals surface area contributed by atoms with Crippen LogP contribution in [0.2, 0.25) is 0 Å². The molecule has 19 heavy (non-hydrogen) atoms. The zero-order valence-corrected chi connectivity index (χ0v) is 12.3. The second-order valence-electron chi connectivity index (χ2n) is 6.49. The van der Waals surface area contributed by atoms with E-state index in [0.717, 1.165) is 32.1 Å². The topological polar surface area (TPSA) is 49.4 Å². The molecule has 0 aromatic heterocycles. The highest BCUT2D eigenvalue weighted by Gasteiger charge is 2.43. The molecule has 2 atom stereocenters. The van der Waals surface area contributed by atoms with Crippen molar-refractivity contribution in [3.8, 4) is 0 Å². The summed E-state index contributed by atoms with van der Waals surface area (Å²) in [5.74, 6) is 0.624.